The molecule has 0 radical (unpaired) electrons. The molecule has 0 fully saturated rings. The second-order valence-electron chi connectivity index (χ2n) is 5.31. The van der Waals surface area contributed by atoms with E-state index < -0.39 is 0 Å². The van der Waals surface area contributed by atoms with Crippen LogP contribution in [0.1, 0.15) is 29.7 Å². The smallest absolute Gasteiger partial charge is 0.123 e. The molecule has 98 valence electrons. The van der Waals surface area contributed by atoms with E-state index in [-0.39, 0.29) is 11.9 Å². The van der Waals surface area contributed by atoms with Crippen LogP contribution in [0.2, 0.25) is 0 Å². The van der Waals surface area contributed by atoms with Crippen LogP contribution < -0.4 is 5.32 Å². The lowest BCUT2D eigenvalue weighted by atomic mass is 10.1. The minimum Gasteiger partial charge on any atom is -0.307 e. The normalized spacial score (nSPS) is 16.3. The molecule has 1 N–H and O–H groups in total. The van der Waals surface area contributed by atoms with Gasteiger partial charge in [0.05, 0.1) is 0 Å². The van der Waals surface area contributed by atoms with Crippen molar-refractivity contribution in [1.29, 1.82) is 0 Å². The number of fused-ring (bicyclic) bond motifs is 1. The lowest BCUT2D eigenvalue weighted by molar-refractivity contribution is 0.467. The molecule has 1 nitrogen and oxygen atoms in total. The molecule has 0 heterocycles. The maximum atomic E-state index is 12.9. The number of benzene rings is 2. The Bertz CT molecular complexity index is 537. The van der Waals surface area contributed by atoms with E-state index in [0.29, 0.717) is 6.04 Å². The van der Waals surface area contributed by atoms with Gasteiger partial charge in [-0.1, -0.05) is 36.4 Å². The van der Waals surface area contributed by atoms with Crippen LogP contribution in [0.3, 0.4) is 0 Å². The van der Waals surface area contributed by atoms with Gasteiger partial charge in [-0.2, -0.15) is 0 Å². The Morgan fingerprint density at radius 3 is 2.16 bits per heavy atom. The van der Waals surface area contributed by atoms with Crippen molar-refractivity contribution in [3.05, 3.63) is 71.0 Å². The van der Waals surface area contributed by atoms with Crippen LogP contribution in [0.15, 0.2) is 48.5 Å². The van der Waals surface area contributed by atoms with Crippen LogP contribution in [0, 0.1) is 5.82 Å². The van der Waals surface area contributed by atoms with Gasteiger partial charge in [-0.05, 0) is 48.6 Å². The van der Waals surface area contributed by atoms with Gasteiger partial charge in [0.25, 0.3) is 0 Å². The van der Waals surface area contributed by atoms with Gasteiger partial charge in [0.2, 0.25) is 0 Å². The fourth-order valence-corrected chi connectivity index (χ4v) is 2.88. The van der Waals surface area contributed by atoms with Crippen LogP contribution in [0.4, 0.5) is 4.39 Å². The average Bonchev–Trinajstić information content (AvgIpc) is 2.81. The molecule has 0 aromatic heterocycles. The molecule has 1 aliphatic rings. The van der Waals surface area contributed by atoms with Gasteiger partial charge in [-0.15, -0.1) is 0 Å². The zero-order valence-corrected chi connectivity index (χ0v) is 11.1. The van der Waals surface area contributed by atoms with Crippen molar-refractivity contribution in [3.63, 3.8) is 0 Å². The maximum absolute atomic E-state index is 12.9. The second-order valence-corrected chi connectivity index (χ2v) is 5.31. The Hall–Kier alpha value is -1.67. The third-order valence-electron chi connectivity index (χ3n) is 3.91. The summed E-state index contributed by atoms with van der Waals surface area (Å²) in [6.45, 7) is 2.14. The number of rotatable bonds is 3. The third kappa shape index (κ3) is 2.69. The number of nitrogens with one attached hydrogen (secondary N) is 1. The number of hydrogen-bond donors (Lipinski definition) is 1. The van der Waals surface area contributed by atoms with Gasteiger partial charge in [0.1, 0.15) is 5.82 Å². The van der Waals surface area contributed by atoms with Crippen LogP contribution in [-0.2, 0) is 12.8 Å². The average molecular weight is 255 g/mol. The lowest BCUT2D eigenvalue weighted by Crippen LogP contribution is -2.32. The first-order valence-corrected chi connectivity index (χ1v) is 6.80. The lowest BCUT2D eigenvalue weighted by Gasteiger charge is -2.19. The van der Waals surface area contributed by atoms with Crippen LogP contribution >= 0.6 is 0 Å². The molecular weight excluding hydrogens is 237 g/mol. The summed E-state index contributed by atoms with van der Waals surface area (Å²) in [5, 5.41) is 3.64. The number of halogens is 1. The summed E-state index contributed by atoms with van der Waals surface area (Å²) in [4.78, 5) is 0. The molecule has 0 bridgehead atoms. The van der Waals surface area contributed by atoms with Crippen molar-refractivity contribution >= 4 is 0 Å². The fraction of sp³-hybridized carbons (Fsp3) is 0.294. The van der Waals surface area contributed by atoms with E-state index in [9.17, 15) is 4.39 Å². The molecule has 2 aromatic carbocycles. The van der Waals surface area contributed by atoms with Gasteiger partial charge in [-0.3, -0.25) is 0 Å². The fourth-order valence-electron chi connectivity index (χ4n) is 2.88. The van der Waals surface area contributed by atoms with E-state index in [1.807, 2.05) is 12.1 Å². The third-order valence-corrected chi connectivity index (χ3v) is 3.91. The molecule has 0 spiro atoms. The maximum Gasteiger partial charge on any atom is 0.123 e. The van der Waals surface area contributed by atoms with Crippen molar-refractivity contribution in [2.45, 2.75) is 31.8 Å². The van der Waals surface area contributed by atoms with Crippen LogP contribution in [-0.4, -0.2) is 6.04 Å². The predicted molar refractivity (Wildman–Crippen MR) is 75.6 cm³/mol. The summed E-state index contributed by atoms with van der Waals surface area (Å²) in [5.41, 5.74) is 4.04. The first kappa shape index (κ1) is 12.4. The van der Waals surface area contributed by atoms with Gasteiger partial charge in [-0.25, -0.2) is 4.39 Å². The molecule has 0 aliphatic heterocycles. The Morgan fingerprint density at radius 1 is 1.00 bits per heavy atom. The predicted octanol–water partition coefficient (Wildman–Crippen LogP) is 3.64. The van der Waals surface area contributed by atoms with Gasteiger partial charge >= 0.3 is 0 Å². The zero-order valence-electron chi connectivity index (χ0n) is 11.1. The molecule has 2 aromatic rings. The highest BCUT2D eigenvalue weighted by Gasteiger charge is 2.22. The zero-order chi connectivity index (χ0) is 13.2. The highest BCUT2D eigenvalue weighted by molar-refractivity contribution is 5.33. The van der Waals surface area contributed by atoms with Crippen molar-refractivity contribution < 1.29 is 4.39 Å². The summed E-state index contributed by atoms with van der Waals surface area (Å²) in [7, 11) is 0. The minimum atomic E-state index is -0.177. The molecular formula is C17H18FN. The second kappa shape index (κ2) is 5.14. The van der Waals surface area contributed by atoms with Crippen molar-refractivity contribution in [1.82, 2.24) is 5.32 Å². The standard InChI is InChI=1S/C17H18FN/c1-12(13-6-8-16(18)9-7-13)19-17-10-14-4-2-3-5-15(14)11-17/h2-9,12,17,19H,10-11H2,1H3/t12-/m1/s1. The summed E-state index contributed by atoms with van der Waals surface area (Å²) < 4.78 is 12.9. The number of hydrogen-bond acceptors (Lipinski definition) is 1. The summed E-state index contributed by atoms with van der Waals surface area (Å²) in [6, 6.07) is 16.1. The van der Waals surface area contributed by atoms with E-state index in [4.69, 9.17) is 0 Å². The first-order chi connectivity index (χ1) is 9.22. The highest BCUT2D eigenvalue weighted by atomic mass is 19.1. The van der Waals surface area contributed by atoms with E-state index in [2.05, 4.69) is 36.5 Å². The molecule has 3 rings (SSSR count). The van der Waals surface area contributed by atoms with Gasteiger partial charge in [0.15, 0.2) is 0 Å². The Kier molecular flexibility index (Phi) is 3.34. The molecule has 0 unspecified atom stereocenters. The molecule has 0 amide bonds. The monoisotopic (exact) mass is 255 g/mol. The topological polar surface area (TPSA) is 12.0 Å². The van der Waals surface area contributed by atoms with Crippen LogP contribution in [0.25, 0.3) is 0 Å². The van der Waals surface area contributed by atoms with E-state index in [1.165, 1.54) is 23.3 Å². The first-order valence-electron chi connectivity index (χ1n) is 6.80. The van der Waals surface area contributed by atoms with Crippen molar-refractivity contribution in [2.24, 2.45) is 0 Å². The van der Waals surface area contributed by atoms with E-state index in [1.54, 1.807) is 0 Å². The van der Waals surface area contributed by atoms with Gasteiger partial charge in [0, 0.05) is 12.1 Å². The molecule has 0 saturated heterocycles. The van der Waals surface area contributed by atoms with Crippen molar-refractivity contribution in [3.8, 4) is 0 Å². The molecule has 2 heteroatoms. The largest absolute Gasteiger partial charge is 0.307 e. The van der Waals surface area contributed by atoms with Gasteiger partial charge < -0.3 is 5.32 Å². The molecule has 0 saturated carbocycles. The highest BCUT2D eigenvalue weighted by Crippen LogP contribution is 2.24. The molecule has 19 heavy (non-hydrogen) atoms. The Morgan fingerprint density at radius 2 is 1.58 bits per heavy atom. The summed E-state index contributed by atoms with van der Waals surface area (Å²) in [6.07, 6.45) is 2.17. The summed E-state index contributed by atoms with van der Waals surface area (Å²) in [5.74, 6) is -0.177. The molecule has 1 atom stereocenters. The quantitative estimate of drug-likeness (QED) is 0.883. The van der Waals surface area contributed by atoms with Crippen molar-refractivity contribution in [2.75, 3.05) is 0 Å². The SMILES string of the molecule is C[C@@H](NC1Cc2ccccc2C1)c1ccc(F)cc1. The van der Waals surface area contributed by atoms with E-state index in [0.717, 1.165) is 18.4 Å². The minimum absolute atomic E-state index is 0.177. The Balaban J connectivity index is 1.66. The molecule has 1 aliphatic carbocycles. The Labute approximate surface area is 113 Å². The van der Waals surface area contributed by atoms with E-state index >= 15 is 0 Å². The summed E-state index contributed by atoms with van der Waals surface area (Å²) >= 11 is 0. The van der Waals surface area contributed by atoms with Crippen LogP contribution in [0.5, 0.6) is 0 Å².